The number of hydrogen-bond donors (Lipinski definition) is 1. The van der Waals surface area contributed by atoms with Crippen LogP contribution in [-0.2, 0) is 21.0 Å². The average molecular weight is 551 g/mol. The molecule has 0 aliphatic heterocycles. The largest absolute Gasteiger partial charge is 0.493 e. The Bertz CT molecular complexity index is 1420. The van der Waals surface area contributed by atoms with E-state index in [9.17, 15) is 26.4 Å². The number of hydrogen-bond acceptors (Lipinski definition) is 5. The van der Waals surface area contributed by atoms with E-state index in [0.717, 1.165) is 23.3 Å². The highest BCUT2D eigenvalue weighted by atomic mass is 32.2. The van der Waals surface area contributed by atoms with Crippen molar-refractivity contribution in [3.05, 3.63) is 77.4 Å². The summed E-state index contributed by atoms with van der Waals surface area (Å²) in [5.74, 6) is -0.304. The Morgan fingerprint density at radius 1 is 0.974 bits per heavy atom. The number of nitrogens with one attached hydrogen (secondary N) is 1. The van der Waals surface area contributed by atoms with Gasteiger partial charge >= 0.3 is 6.18 Å². The lowest BCUT2D eigenvalue weighted by Gasteiger charge is -2.26. The van der Waals surface area contributed by atoms with E-state index in [1.54, 1.807) is 13.0 Å². The Morgan fingerprint density at radius 3 is 2.24 bits per heavy atom. The standard InChI is InChI=1S/C27H29F3N2O5S/c1-17(2)22-11-6-8-18(3)26(22)31-25(33)16-32(20-10-7-9-19(14-20)27(28,29)30)38(34,35)21-12-13-23(36-4)24(15-21)37-5/h6-15,17H,16H2,1-5H3,(H,31,33). The number of amides is 1. The minimum Gasteiger partial charge on any atom is -0.493 e. The summed E-state index contributed by atoms with van der Waals surface area (Å²) >= 11 is 0. The van der Waals surface area contributed by atoms with Crippen molar-refractivity contribution in [3.8, 4) is 11.5 Å². The number of nitrogens with zero attached hydrogens (tertiary/aromatic N) is 1. The average Bonchev–Trinajstić information content (AvgIpc) is 2.87. The van der Waals surface area contributed by atoms with E-state index < -0.39 is 34.2 Å². The molecule has 3 rings (SSSR count). The van der Waals surface area contributed by atoms with Crippen LogP contribution in [0, 0.1) is 6.92 Å². The minimum atomic E-state index is -4.72. The maximum atomic E-state index is 13.8. The quantitative estimate of drug-likeness (QED) is 0.354. The van der Waals surface area contributed by atoms with E-state index >= 15 is 0 Å². The predicted octanol–water partition coefficient (Wildman–Crippen LogP) is 5.99. The molecule has 3 aromatic carbocycles. The van der Waals surface area contributed by atoms with Gasteiger partial charge in [0.15, 0.2) is 11.5 Å². The topological polar surface area (TPSA) is 84.9 Å². The second-order valence-corrected chi connectivity index (χ2v) is 10.7. The Kier molecular flexibility index (Phi) is 8.61. The van der Waals surface area contributed by atoms with Crippen molar-refractivity contribution < 1.29 is 35.9 Å². The fraction of sp³-hybridized carbons (Fsp3) is 0.296. The first-order valence-electron chi connectivity index (χ1n) is 11.6. The van der Waals surface area contributed by atoms with Gasteiger partial charge < -0.3 is 14.8 Å². The third kappa shape index (κ3) is 6.21. The van der Waals surface area contributed by atoms with Crippen molar-refractivity contribution in [2.24, 2.45) is 0 Å². The number of carbonyl (C=O) groups excluding carboxylic acids is 1. The molecule has 0 spiro atoms. The van der Waals surface area contributed by atoms with Gasteiger partial charge in [-0.05, 0) is 54.3 Å². The summed E-state index contributed by atoms with van der Waals surface area (Å²) in [7, 11) is -1.83. The molecular formula is C27H29F3N2O5S. The van der Waals surface area contributed by atoms with E-state index in [1.165, 1.54) is 38.5 Å². The van der Waals surface area contributed by atoms with Crippen LogP contribution in [-0.4, -0.2) is 35.1 Å². The zero-order chi connectivity index (χ0) is 28.3. The molecule has 0 bridgehead atoms. The van der Waals surface area contributed by atoms with Gasteiger partial charge in [0.25, 0.3) is 10.0 Å². The van der Waals surface area contributed by atoms with Crippen molar-refractivity contribution in [2.75, 3.05) is 30.4 Å². The monoisotopic (exact) mass is 550 g/mol. The second kappa shape index (κ2) is 11.3. The van der Waals surface area contributed by atoms with Crippen LogP contribution in [0.4, 0.5) is 24.5 Å². The third-order valence-corrected chi connectivity index (χ3v) is 7.65. The number of halogens is 3. The maximum Gasteiger partial charge on any atom is 0.416 e. The number of rotatable bonds is 9. The normalized spacial score (nSPS) is 11.8. The van der Waals surface area contributed by atoms with Crippen molar-refractivity contribution >= 4 is 27.3 Å². The Balaban J connectivity index is 2.10. The maximum absolute atomic E-state index is 13.8. The Morgan fingerprint density at radius 2 is 1.63 bits per heavy atom. The molecule has 0 aromatic heterocycles. The molecule has 0 aliphatic rings. The summed E-state index contributed by atoms with van der Waals surface area (Å²) < 4.78 is 78.9. The van der Waals surface area contributed by atoms with Crippen LogP contribution < -0.4 is 19.1 Å². The summed E-state index contributed by atoms with van der Waals surface area (Å²) in [6, 6.07) is 13.1. The molecule has 0 radical (unpaired) electrons. The van der Waals surface area contributed by atoms with Crippen LogP contribution in [0.2, 0.25) is 0 Å². The first-order valence-corrected chi connectivity index (χ1v) is 13.0. The van der Waals surface area contributed by atoms with Gasteiger partial charge in [-0.15, -0.1) is 0 Å². The molecule has 3 aromatic rings. The van der Waals surface area contributed by atoms with Crippen LogP contribution in [0.1, 0.15) is 36.5 Å². The highest BCUT2D eigenvalue weighted by Gasteiger charge is 2.34. The Hall–Kier alpha value is -3.73. The number of methoxy groups -OCH3 is 2. The number of sulfonamides is 1. The molecule has 0 atom stereocenters. The zero-order valence-corrected chi connectivity index (χ0v) is 22.4. The molecule has 204 valence electrons. The fourth-order valence-corrected chi connectivity index (χ4v) is 5.34. The number of alkyl halides is 3. The molecule has 0 heterocycles. The van der Waals surface area contributed by atoms with Gasteiger partial charge in [-0.1, -0.05) is 38.1 Å². The number of anilines is 2. The van der Waals surface area contributed by atoms with Crippen molar-refractivity contribution in [1.29, 1.82) is 0 Å². The van der Waals surface area contributed by atoms with Crippen LogP contribution in [0.25, 0.3) is 0 Å². The Labute approximate surface area is 220 Å². The van der Waals surface area contributed by atoms with Gasteiger partial charge in [-0.3, -0.25) is 9.10 Å². The van der Waals surface area contributed by atoms with E-state index in [1.807, 2.05) is 26.0 Å². The number of para-hydroxylation sites is 1. The van der Waals surface area contributed by atoms with E-state index in [-0.39, 0.29) is 28.0 Å². The summed E-state index contributed by atoms with van der Waals surface area (Å²) in [5.41, 5.74) is 0.757. The van der Waals surface area contributed by atoms with Gasteiger partial charge in [0.2, 0.25) is 5.91 Å². The molecule has 0 saturated heterocycles. The van der Waals surface area contributed by atoms with Crippen molar-refractivity contribution in [3.63, 3.8) is 0 Å². The SMILES string of the molecule is COc1ccc(S(=O)(=O)N(CC(=O)Nc2c(C)cccc2C(C)C)c2cccc(C(F)(F)F)c2)cc1OC. The molecule has 0 unspecified atom stereocenters. The third-order valence-electron chi connectivity index (χ3n) is 5.88. The summed E-state index contributed by atoms with van der Waals surface area (Å²) in [6.07, 6.45) is -4.72. The minimum absolute atomic E-state index is 0.0558. The van der Waals surface area contributed by atoms with Gasteiger partial charge in [-0.2, -0.15) is 13.2 Å². The molecule has 1 N–H and O–H groups in total. The number of benzene rings is 3. The molecule has 7 nitrogen and oxygen atoms in total. The highest BCUT2D eigenvalue weighted by Crippen LogP contribution is 2.35. The van der Waals surface area contributed by atoms with Crippen LogP contribution in [0.5, 0.6) is 11.5 Å². The summed E-state index contributed by atoms with van der Waals surface area (Å²) in [4.78, 5) is 12.9. The molecule has 11 heteroatoms. The molecule has 1 amide bonds. The molecule has 38 heavy (non-hydrogen) atoms. The van der Waals surface area contributed by atoms with Gasteiger partial charge in [0.1, 0.15) is 6.54 Å². The van der Waals surface area contributed by atoms with Crippen LogP contribution >= 0.6 is 0 Å². The van der Waals surface area contributed by atoms with Gasteiger partial charge in [0, 0.05) is 11.8 Å². The lowest BCUT2D eigenvalue weighted by atomic mass is 9.98. The fourth-order valence-electron chi connectivity index (χ4n) is 3.91. The van der Waals surface area contributed by atoms with E-state index in [4.69, 9.17) is 9.47 Å². The smallest absolute Gasteiger partial charge is 0.416 e. The van der Waals surface area contributed by atoms with Crippen molar-refractivity contribution in [2.45, 2.75) is 37.8 Å². The number of aryl methyl sites for hydroxylation is 1. The predicted molar refractivity (Wildman–Crippen MR) is 139 cm³/mol. The van der Waals surface area contributed by atoms with Crippen LogP contribution in [0.3, 0.4) is 0 Å². The molecular weight excluding hydrogens is 521 g/mol. The zero-order valence-electron chi connectivity index (χ0n) is 21.6. The second-order valence-electron chi connectivity index (χ2n) is 8.82. The van der Waals surface area contributed by atoms with Crippen molar-refractivity contribution in [1.82, 2.24) is 0 Å². The highest BCUT2D eigenvalue weighted by molar-refractivity contribution is 7.92. The summed E-state index contributed by atoms with van der Waals surface area (Å²) in [6.45, 7) is 4.91. The number of ether oxygens (including phenoxy) is 2. The molecule has 0 aliphatic carbocycles. The van der Waals surface area contributed by atoms with E-state index in [0.29, 0.717) is 16.1 Å². The lowest BCUT2D eigenvalue weighted by Crippen LogP contribution is -2.38. The van der Waals surface area contributed by atoms with E-state index in [2.05, 4.69) is 5.32 Å². The molecule has 0 fully saturated rings. The van der Waals surface area contributed by atoms with Crippen LogP contribution in [0.15, 0.2) is 65.6 Å². The molecule has 0 saturated carbocycles. The number of carbonyl (C=O) groups is 1. The van der Waals surface area contributed by atoms with Gasteiger partial charge in [0.05, 0.1) is 30.4 Å². The van der Waals surface area contributed by atoms with Gasteiger partial charge in [-0.25, -0.2) is 8.42 Å². The first-order chi connectivity index (χ1) is 17.8. The summed E-state index contributed by atoms with van der Waals surface area (Å²) in [5, 5.41) is 2.76. The first kappa shape index (κ1) is 28.8. The lowest BCUT2D eigenvalue weighted by molar-refractivity contribution is -0.137.